The van der Waals surface area contributed by atoms with Crippen molar-refractivity contribution in [2.75, 3.05) is 12.3 Å². The van der Waals surface area contributed by atoms with Gasteiger partial charge < -0.3 is 5.32 Å². The minimum atomic E-state index is 0.395. The maximum Gasteiger partial charge on any atom is 0.0418 e. The van der Waals surface area contributed by atoms with Crippen molar-refractivity contribution in [2.45, 2.75) is 38.5 Å². The zero-order valence-electron chi connectivity index (χ0n) is 12.6. The topological polar surface area (TPSA) is 24.9 Å². The summed E-state index contributed by atoms with van der Waals surface area (Å²) < 4.78 is 0. The summed E-state index contributed by atoms with van der Waals surface area (Å²) in [7, 11) is 0. The van der Waals surface area contributed by atoms with E-state index in [4.69, 9.17) is 0 Å². The molecule has 2 atom stereocenters. The maximum atomic E-state index is 4.29. The van der Waals surface area contributed by atoms with Crippen LogP contribution in [0.15, 0.2) is 36.7 Å². The van der Waals surface area contributed by atoms with Gasteiger partial charge >= 0.3 is 0 Å². The standard InChI is InChI=1S/C17H24N2S/c1-4-13(3)20-12-17(19-5-2)15-8-6-7-14-9-10-18-11-16(14)15/h6-11,13,17,19H,4-5,12H2,1-3H3. The number of nitrogens with one attached hydrogen (secondary N) is 1. The van der Waals surface area contributed by atoms with Gasteiger partial charge in [-0.3, -0.25) is 4.98 Å². The van der Waals surface area contributed by atoms with Crippen molar-refractivity contribution in [1.82, 2.24) is 10.3 Å². The summed E-state index contributed by atoms with van der Waals surface area (Å²) in [5.41, 5.74) is 1.37. The maximum absolute atomic E-state index is 4.29. The SMILES string of the molecule is CCNC(CSC(C)CC)c1cccc2ccncc12. The summed E-state index contributed by atoms with van der Waals surface area (Å²) in [6.07, 6.45) is 5.08. The molecule has 108 valence electrons. The Morgan fingerprint density at radius 3 is 2.85 bits per heavy atom. The number of aromatic nitrogens is 1. The predicted octanol–water partition coefficient (Wildman–Crippen LogP) is 4.42. The number of pyridine rings is 1. The number of fused-ring (bicyclic) bond motifs is 1. The molecule has 1 aromatic heterocycles. The van der Waals surface area contributed by atoms with Crippen molar-refractivity contribution in [3.05, 3.63) is 42.2 Å². The van der Waals surface area contributed by atoms with Gasteiger partial charge in [0.1, 0.15) is 0 Å². The molecule has 0 aliphatic carbocycles. The van der Waals surface area contributed by atoms with Crippen LogP contribution in [0.25, 0.3) is 10.8 Å². The van der Waals surface area contributed by atoms with Crippen molar-refractivity contribution < 1.29 is 0 Å². The molecular weight excluding hydrogens is 264 g/mol. The highest BCUT2D eigenvalue weighted by Gasteiger charge is 2.14. The molecule has 20 heavy (non-hydrogen) atoms. The normalized spacial score (nSPS) is 14.3. The van der Waals surface area contributed by atoms with Crippen LogP contribution in [0, 0.1) is 0 Å². The largest absolute Gasteiger partial charge is 0.309 e. The average Bonchev–Trinajstić information content (AvgIpc) is 2.50. The van der Waals surface area contributed by atoms with Crippen LogP contribution in [0.3, 0.4) is 0 Å². The molecule has 1 N–H and O–H groups in total. The molecule has 2 nitrogen and oxygen atoms in total. The number of thioether (sulfide) groups is 1. The molecule has 2 rings (SSSR count). The highest BCUT2D eigenvalue weighted by Crippen LogP contribution is 2.28. The van der Waals surface area contributed by atoms with Gasteiger partial charge in [-0.05, 0) is 30.0 Å². The Hall–Kier alpha value is -1.06. The fourth-order valence-electron chi connectivity index (χ4n) is 2.32. The Balaban J connectivity index is 2.26. The Labute approximate surface area is 126 Å². The second-order valence-corrected chi connectivity index (χ2v) is 6.58. The second-order valence-electron chi connectivity index (χ2n) is 5.11. The van der Waals surface area contributed by atoms with E-state index in [2.05, 4.69) is 55.3 Å². The molecule has 0 spiro atoms. The van der Waals surface area contributed by atoms with Crippen LogP contribution in [0.2, 0.25) is 0 Å². The zero-order valence-corrected chi connectivity index (χ0v) is 13.4. The van der Waals surface area contributed by atoms with E-state index in [-0.39, 0.29) is 0 Å². The molecule has 0 bridgehead atoms. The highest BCUT2D eigenvalue weighted by molar-refractivity contribution is 7.99. The van der Waals surface area contributed by atoms with E-state index in [1.54, 1.807) is 0 Å². The van der Waals surface area contributed by atoms with E-state index in [9.17, 15) is 0 Å². The molecule has 2 aromatic rings. The summed E-state index contributed by atoms with van der Waals surface area (Å²) in [5, 5.41) is 6.88. The summed E-state index contributed by atoms with van der Waals surface area (Å²) in [5.74, 6) is 1.11. The molecule has 0 amide bonds. The van der Waals surface area contributed by atoms with Crippen LogP contribution in [-0.4, -0.2) is 22.5 Å². The van der Waals surface area contributed by atoms with Gasteiger partial charge in [-0.15, -0.1) is 0 Å². The number of hydrogen-bond donors (Lipinski definition) is 1. The van der Waals surface area contributed by atoms with E-state index in [0.717, 1.165) is 12.3 Å². The van der Waals surface area contributed by atoms with Gasteiger partial charge in [0.2, 0.25) is 0 Å². The second kappa shape index (κ2) is 7.65. The van der Waals surface area contributed by atoms with Gasteiger partial charge in [-0.1, -0.05) is 39.0 Å². The van der Waals surface area contributed by atoms with Crippen LogP contribution in [-0.2, 0) is 0 Å². The predicted molar refractivity (Wildman–Crippen MR) is 90.4 cm³/mol. The number of nitrogens with zero attached hydrogens (tertiary/aromatic N) is 1. The molecule has 0 saturated heterocycles. The molecule has 1 heterocycles. The smallest absolute Gasteiger partial charge is 0.0418 e. The average molecular weight is 288 g/mol. The fraction of sp³-hybridized carbons (Fsp3) is 0.471. The molecule has 1 aromatic carbocycles. The van der Waals surface area contributed by atoms with Crippen molar-refractivity contribution in [3.63, 3.8) is 0 Å². The van der Waals surface area contributed by atoms with Gasteiger partial charge in [0.25, 0.3) is 0 Å². The third-order valence-electron chi connectivity index (χ3n) is 3.67. The van der Waals surface area contributed by atoms with Crippen molar-refractivity contribution >= 4 is 22.5 Å². The minimum Gasteiger partial charge on any atom is -0.309 e. The third-order valence-corrected chi connectivity index (χ3v) is 5.09. The monoisotopic (exact) mass is 288 g/mol. The Kier molecular flexibility index (Phi) is 5.86. The molecule has 3 heteroatoms. The first-order chi connectivity index (χ1) is 9.76. The first-order valence-electron chi connectivity index (χ1n) is 7.43. The van der Waals surface area contributed by atoms with Crippen molar-refractivity contribution in [1.29, 1.82) is 0 Å². The van der Waals surface area contributed by atoms with Crippen molar-refractivity contribution in [3.8, 4) is 0 Å². The molecule has 0 radical (unpaired) electrons. The van der Waals surface area contributed by atoms with Crippen LogP contribution in [0.1, 0.15) is 38.8 Å². The minimum absolute atomic E-state index is 0.395. The number of benzene rings is 1. The lowest BCUT2D eigenvalue weighted by atomic mass is 10.0. The molecule has 0 aliphatic rings. The van der Waals surface area contributed by atoms with Gasteiger partial charge in [0.05, 0.1) is 0 Å². The molecule has 0 aliphatic heterocycles. The van der Waals surface area contributed by atoms with E-state index >= 15 is 0 Å². The van der Waals surface area contributed by atoms with Gasteiger partial charge in [-0.25, -0.2) is 0 Å². The fourth-order valence-corrected chi connectivity index (χ4v) is 3.38. The van der Waals surface area contributed by atoms with E-state index in [1.165, 1.54) is 22.8 Å². The molecule has 0 fully saturated rings. The third kappa shape index (κ3) is 3.74. The van der Waals surface area contributed by atoms with Crippen LogP contribution in [0.4, 0.5) is 0 Å². The van der Waals surface area contributed by atoms with Crippen LogP contribution >= 0.6 is 11.8 Å². The summed E-state index contributed by atoms with van der Waals surface area (Å²) in [6.45, 7) is 7.72. The van der Waals surface area contributed by atoms with Crippen LogP contribution < -0.4 is 5.32 Å². The molecule has 2 unspecified atom stereocenters. The Morgan fingerprint density at radius 1 is 1.25 bits per heavy atom. The lowest BCUT2D eigenvalue weighted by Crippen LogP contribution is -2.24. The number of hydrogen-bond acceptors (Lipinski definition) is 3. The van der Waals surface area contributed by atoms with Gasteiger partial charge in [0, 0.05) is 34.8 Å². The first-order valence-corrected chi connectivity index (χ1v) is 8.48. The quantitative estimate of drug-likeness (QED) is 0.816. The summed E-state index contributed by atoms with van der Waals surface area (Å²) in [6, 6.07) is 9.02. The zero-order chi connectivity index (χ0) is 14.4. The number of rotatable bonds is 7. The van der Waals surface area contributed by atoms with E-state index in [0.29, 0.717) is 11.3 Å². The van der Waals surface area contributed by atoms with Crippen LogP contribution in [0.5, 0.6) is 0 Å². The van der Waals surface area contributed by atoms with Gasteiger partial charge in [0.15, 0.2) is 0 Å². The summed E-state index contributed by atoms with van der Waals surface area (Å²) >= 11 is 2.04. The van der Waals surface area contributed by atoms with Gasteiger partial charge in [-0.2, -0.15) is 11.8 Å². The first kappa shape index (κ1) is 15.3. The lowest BCUT2D eigenvalue weighted by molar-refractivity contribution is 0.608. The lowest BCUT2D eigenvalue weighted by Gasteiger charge is -2.21. The molecule has 0 saturated carbocycles. The molecular formula is C17H24N2S. The van der Waals surface area contributed by atoms with E-state index < -0.39 is 0 Å². The Morgan fingerprint density at radius 2 is 2.10 bits per heavy atom. The highest BCUT2D eigenvalue weighted by atomic mass is 32.2. The summed E-state index contributed by atoms with van der Waals surface area (Å²) in [4.78, 5) is 4.29. The van der Waals surface area contributed by atoms with E-state index in [1.807, 2.05) is 24.2 Å². The Bertz CT molecular complexity index is 536. The van der Waals surface area contributed by atoms with Crippen molar-refractivity contribution in [2.24, 2.45) is 0 Å².